The quantitative estimate of drug-likeness (QED) is 0.737. The number of carbonyl (C=O) groups is 2. The second kappa shape index (κ2) is 7.04. The van der Waals surface area contributed by atoms with Gasteiger partial charge < -0.3 is 19.6 Å². The molecule has 0 aliphatic carbocycles. The van der Waals surface area contributed by atoms with Crippen LogP contribution in [-0.4, -0.2) is 36.2 Å². The van der Waals surface area contributed by atoms with Crippen molar-refractivity contribution in [1.82, 2.24) is 5.32 Å². The Bertz CT molecular complexity index is 1020. The number of aliphatic carboxylic acids is 1. The van der Waals surface area contributed by atoms with Gasteiger partial charge in [-0.3, -0.25) is 4.79 Å². The summed E-state index contributed by atoms with van der Waals surface area (Å²) in [5, 5.41) is 15.0. The summed E-state index contributed by atoms with van der Waals surface area (Å²) >= 11 is 0. The summed E-state index contributed by atoms with van der Waals surface area (Å²) in [4.78, 5) is 24.5. The van der Waals surface area contributed by atoms with Crippen LogP contribution in [-0.2, 0) is 9.53 Å². The molecule has 6 heteroatoms. The lowest BCUT2D eigenvalue weighted by atomic mass is 9.93. The summed E-state index contributed by atoms with van der Waals surface area (Å²) in [6, 6.07) is 10.7. The summed E-state index contributed by atoms with van der Waals surface area (Å²) in [6.07, 6.45) is 1.50. The van der Waals surface area contributed by atoms with E-state index in [1.165, 1.54) is 0 Å². The van der Waals surface area contributed by atoms with Crippen LogP contribution in [0.3, 0.4) is 0 Å². The Hall–Kier alpha value is -2.86. The standard InChI is InChI=1S/C21H21NO5/c1-12-15-9-8-13-5-2-3-7-16(13)19(15)27-18(12)20(23)22-17(21(24)25)14-6-4-10-26-11-14/h2-3,5,7-9,14,17H,4,6,10-11H2,1H3,(H,22,23)(H,24,25). The molecule has 6 nitrogen and oxygen atoms in total. The first-order valence-electron chi connectivity index (χ1n) is 9.08. The van der Waals surface area contributed by atoms with Crippen LogP contribution in [0.4, 0.5) is 0 Å². The van der Waals surface area contributed by atoms with E-state index in [9.17, 15) is 14.7 Å². The zero-order valence-electron chi connectivity index (χ0n) is 15.0. The molecule has 3 aromatic rings. The fraction of sp³-hybridized carbons (Fsp3) is 0.333. The number of furan rings is 1. The van der Waals surface area contributed by atoms with E-state index in [1.54, 1.807) is 0 Å². The van der Waals surface area contributed by atoms with Crippen LogP contribution in [0.25, 0.3) is 21.7 Å². The van der Waals surface area contributed by atoms with Crippen LogP contribution in [0.1, 0.15) is 29.0 Å². The monoisotopic (exact) mass is 367 g/mol. The maximum atomic E-state index is 12.8. The second-order valence-electron chi connectivity index (χ2n) is 6.99. The van der Waals surface area contributed by atoms with Crippen LogP contribution >= 0.6 is 0 Å². The number of hydrogen-bond donors (Lipinski definition) is 2. The molecule has 27 heavy (non-hydrogen) atoms. The SMILES string of the molecule is Cc1c(C(=O)NC(C(=O)O)C2CCCOC2)oc2c1ccc1ccccc12. The Morgan fingerprint density at radius 3 is 2.74 bits per heavy atom. The molecular formula is C21H21NO5. The molecule has 2 unspecified atom stereocenters. The second-order valence-corrected chi connectivity index (χ2v) is 6.99. The minimum absolute atomic E-state index is 0.157. The topological polar surface area (TPSA) is 88.8 Å². The van der Waals surface area contributed by atoms with Gasteiger partial charge in [0.1, 0.15) is 11.6 Å². The number of rotatable bonds is 4. The van der Waals surface area contributed by atoms with Gasteiger partial charge in [-0.25, -0.2) is 4.79 Å². The minimum atomic E-state index is -1.06. The number of carbonyl (C=O) groups excluding carboxylic acids is 1. The molecule has 0 spiro atoms. The van der Waals surface area contributed by atoms with Crippen LogP contribution in [0, 0.1) is 12.8 Å². The maximum absolute atomic E-state index is 12.8. The Morgan fingerprint density at radius 2 is 2.00 bits per heavy atom. The van der Waals surface area contributed by atoms with Crippen molar-refractivity contribution in [3.8, 4) is 0 Å². The molecule has 1 aliphatic rings. The fourth-order valence-corrected chi connectivity index (χ4v) is 3.78. The highest BCUT2D eigenvalue weighted by Crippen LogP contribution is 2.32. The summed E-state index contributed by atoms with van der Waals surface area (Å²) in [5.41, 5.74) is 1.35. The number of amides is 1. The van der Waals surface area contributed by atoms with Crippen LogP contribution in [0.15, 0.2) is 40.8 Å². The number of carboxylic acid groups (broad SMARTS) is 1. The lowest BCUT2D eigenvalue weighted by Gasteiger charge is -2.27. The van der Waals surface area contributed by atoms with E-state index in [2.05, 4.69) is 5.32 Å². The fourth-order valence-electron chi connectivity index (χ4n) is 3.78. The van der Waals surface area contributed by atoms with E-state index in [4.69, 9.17) is 9.15 Å². The van der Waals surface area contributed by atoms with Gasteiger partial charge in [-0.1, -0.05) is 36.4 Å². The van der Waals surface area contributed by atoms with Crippen molar-refractivity contribution in [1.29, 1.82) is 0 Å². The normalized spacial score (nSPS) is 18.5. The maximum Gasteiger partial charge on any atom is 0.326 e. The highest BCUT2D eigenvalue weighted by atomic mass is 16.5. The van der Waals surface area contributed by atoms with E-state index in [-0.39, 0.29) is 11.7 Å². The van der Waals surface area contributed by atoms with Crippen molar-refractivity contribution in [3.05, 3.63) is 47.7 Å². The summed E-state index contributed by atoms with van der Waals surface area (Å²) in [5.74, 6) is -1.65. The lowest BCUT2D eigenvalue weighted by Crippen LogP contribution is -2.48. The van der Waals surface area contributed by atoms with E-state index in [0.29, 0.717) is 30.8 Å². The predicted molar refractivity (Wildman–Crippen MR) is 101 cm³/mol. The molecule has 1 fully saturated rings. The first kappa shape index (κ1) is 17.5. The van der Waals surface area contributed by atoms with Gasteiger partial charge in [0.2, 0.25) is 0 Å². The number of benzene rings is 2. The number of fused-ring (bicyclic) bond motifs is 3. The Kier molecular flexibility index (Phi) is 4.58. The first-order chi connectivity index (χ1) is 13.1. The van der Waals surface area contributed by atoms with Gasteiger partial charge >= 0.3 is 5.97 Å². The average Bonchev–Trinajstić information content (AvgIpc) is 3.03. The van der Waals surface area contributed by atoms with E-state index in [1.807, 2.05) is 43.3 Å². The third kappa shape index (κ3) is 3.17. The van der Waals surface area contributed by atoms with E-state index >= 15 is 0 Å². The van der Waals surface area contributed by atoms with E-state index < -0.39 is 17.9 Å². The number of nitrogens with one attached hydrogen (secondary N) is 1. The van der Waals surface area contributed by atoms with Crippen molar-refractivity contribution < 1.29 is 23.8 Å². The number of ether oxygens (including phenoxy) is 1. The van der Waals surface area contributed by atoms with Crippen LogP contribution in [0.2, 0.25) is 0 Å². The van der Waals surface area contributed by atoms with Crippen molar-refractivity contribution in [2.24, 2.45) is 5.92 Å². The molecule has 2 heterocycles. The molecule has 1 amide bonds. The van der Waals surface area contributed by atoms with Gasteiger partial charge in [0, 0.05) is 28.9 Å². The molecule has 1 aromatic heterocycles. The third-order valence-corrected chi connectivity index (χ3v) is 5.25. The highest BCUT2D eigenvalue weighted by Gasteiger charge is 2.33. The summed E-state index contributed by atoms with van der Waals surface area (Å²) in [6.45, 7) is 2.78. The number of aryl methyl sites for hydroxylation is 1. The van der Waals surface area contributed by atoms with Gasteiger partial charge in [-0.15, -0.1) is 0 Å². The molecule has 1 saturated heterocycles. The predicted octanol–water partition coefficient (Wildman–Crippen LogP) is 3.50. The Balaban J connectivity index is 1.68. The van der Waals surface area contributed by atoms with Crippen molar-refractivity contribution in [2.75, 3.05) is 13.2 Å². The number of carboxylic acids is 1. The van der Waals surface area contributed by atoms with Crippen LogP contribution in [0.5, 0.6) is 0 Å². The number of hydrogen-bond acceptors (Lipinski definition) is 4. The molecule has 4 rings (SSSR count). The average molecular weight is 367 g/mol. The Labute approximate surface area is 156 Å². The zero-order chi connectivity index (χ0) is 19.0. The molecule has 0 radical (unpaired) electrons. The summed E-state index contributed by atoms with van der Waals surface area (Å²) < 4.78 is 11.3. The van der Waals surface area contributed by atoms with Crippen molar-refractivity contribution in [3.63, 3.8) is 0 Å². The summed E-state index contributed by atoms with van der Waals surface area (Å²) in [7, 11) is 0. The molecular weight excluding hydrogens is 346 g/mol. The highest BCUT2D eigenvalue weighted by molar-refractivity contribution is 6.09. The molecule has 2 atom stereocenters. The molecule has 2 N–H and O–H groups in total. The lowest BCUT2D eigenvalue weighted by molar-refractivity contribution is -0.142. The van der Waals surface area contributed by atoms with Crippen molar-refractivity contribution in [2.45, 2.75) is 25.8 Å². The zero-order valence-corrected chi connectivity index (χ0v) is 15.0. The smallest absolute Gasteiger partial charge is 0.326 e. The first-order valence-corrected chi connectivity index (χ1v) is 9.08. The third-order valence-electron chi connectivity index (χ3n) is 5.25. The molecule has 140 valence electrons. The van der Waals surface area contributed by atoms with Gasteiger partial charge in [0.25, 0.3) is 5.91 Å². The minimum Gasteiger partial charge on any atom is -0.480 e. The molecule has 0 bridgehead atoms. The van der Waals surface area contributed by atoms with E-state index in [0.717, 1.165) is 22.6 Å². The molecule has 0 saturated carbocycles. The largest absolute Gasteiger partial charge is 0.480 e. The van der Waals surface area contributed by atoms with Crippen LogP contribution < -0.4 is 5.32 Å². The van der Waals surface area contributed by atoms with Crippen molar-refractivity contribution >= 4 is 33.6 Å². The van der Waals surface area contributed by atoms with Gasteiger partial charge in [-0.05, 0) is 25.2 Å². The van der Waals surface area contributed by atoms with Gasteiger partial charge in [0.05, 0.1) is 6.61 Å². The van der Waals surface area contributed by atoms with Gasteiger partial charge in [-0.2, -0.15) is 0 Å². The van der Waals surface area contributed by atoms with Gasteiger partial charge in [0.15, 0.2) is 5.76 Å². The molecule has 1 aliphatic heterocycles. The Morgan fingerprint density at radius 1 is 1.19 bits per heavy atom. The molecule has 2 aromatic carbocycles.